The topological polar surface area (TPSA) is 20.2 Å². The van der Waals surface area contributed by atoms with Crippen molar-refractivity contribution in [2.24, 2.45) is 0 Å². The molecule has 1 nitrogen and oxygen atoms in total. The quantitative estimate of drug-likeness (QED) is 0.726. The van der Waals surface area contributed by atoms with Gasteiger partial charge in [-0.3, -0.25) is 0 Å². The molecule has 0 saturated carbocycles. The Morgan fingerprint density at radius 2 is 2.06 bits per heavy atom. The van der Waals surface area contributed by atoms with Gasteiger partial charge in [-0.2, -0.15) is 0 Å². The van der Waals surface area contributed by atoms with Gasteiger partial charge in [-0.05, 0) is 63.4 Å². The minimum absolute atomic E-state index is 0.478. The fourth-order valence-electron chi connectivity index (χ4n) is 1.52. The third-order valence-corrected chi connectivity index (χ3v) is 4.80. The van der Waals surface area contributed by atoms with Crippen LogP contribution in [0.3, 0.4) is 0 Å². The Bertz CT molecular complexity index is 527. The summed E-state index contributed by atoms with van der Waals surface area (Å²) in [5.74, 6) is 0. The van der Waals surface area contributed by atoms with Gasteiger partial charge in [0.2, 0.25) is 0 Å². The van der Waals surface area contributed by atoms with E-state index < -0.39 is 6.10 Å². The first-order valence-electron chi connectivity index (χ1n) is 4.92. The summed E-state index contributed by atoms with van der Waals surface area (Å²) < 4.78 is 1.16. The van der Waals surface area contributed by atoms with Crippen LogP contribution in [0.15, 0.2) is 29.6 Å². The molecule has 0 aliphatic rings. The van der Waals surface area contributed by atoms with E-state index in [1.807, 2.05) is 11.4 Å². The summed E-state index contributed by atoms with van der Waals surface area (Å²) in [4.78, 5) is 0. The van der Waals surface area contributed by atoms with Crippen LogP contribution in [0, 0.1) is 2.88 Å². The second-order valence-electron chi connectivity index (χ2n) is 3.64. The minimum Gasteiger partial charge on any atom is -0.388 e. The Labute approximate surface area is 128 Å². The molecule has 1 atom stereocenters. The summed E-state index contributed by atoms with van der Waals surface area (Å²) >= 11 is 15.8. The van der Waals surface area contributed by atoms with E-state index in [0.717, 1.165) is 14.0 Å². The van der Waals surface area contributed by atoms with E-state index in [1.54, 1.807) is 29.5 Å². The van der Waals surface area contributed by atoms with Gasteiger partial charge in [0.1, 0.15) is 0 Å². The molecule has 1 aromatic heterocycles. The number of halogens is 3. The standard InChI is InChI=1S/C12H9Cl2IOS/c13-9-1-2-10(14)7(3-9)4-11(16)8-5-12(15)17-6-8/h1-3,5-6,11,16H,4H2. The van der Waals surface area contributed by atoms with Gasteiger partial charge in [0.15, 0.2) is 0 Å². The first-order chi connectivity index (χ1) is 8.06. The number of aliphatic hydroxyl groups excluding tert-OH is 1. The Kier molecular flexibility index (Phi) is 4.72. The van der Waals surface area contributed by atoms with Gasteiger partial charge in [0.25, 0.3) is 0 Å². The highest BCUT2D eigenvalue weighted by atomic mass is 127. The third kappa shape index (κ3) is 3.58. The molecule has 5 heteroatoms. The van der Waals surface area contributed by atoms with Crippen LogP contribution in [0.25, 0.3) is 0 Å². The minimum atomic E-state index is -0.536. The predicted octanol–water partition coefficient (Wildman–Crippen LogP) is 4.94. The van der Waals surface area contributed by atoms with Gasteiger partial charge in [-0.15, -0.1) is 11.3 Å². The van der Waals surface area contributed by atoms with Gasteiger partial charge >= 0.3 is 0 Å². The van der Waals surface area contributed by atoms with E-state index in [4.69, 9.17) is 23.2 Å². The van der Waals surface area contributed by atoms with Crippen molar-refractivity contribution in [3.8, 4) is 0 Å². The van der Waals surface area contributed by atoms with Crippen molar-refractivity contribution < 1.29 is 5.11 Å². The second-order valence-corrected chi connectivity index (χ2v) is 7.29. The molecule has 17 heavy (non-hydrogen) atoms. The summed E-state index contributed by atoms with van der Waals surface area (Å²) in [5.41, 5.74) is 1.79. The summed E-state index contributed by atoms with van der Waals surface area (Å²) in [6.07, 6.45) is -0.0580. The van der Waals surface area contributed by atoms with Crippen molar-refractivity contribution in [2.45, 2.75) is 12.5 Å². The maximum atomic E-state index is 10.1. The van der Waals surface area contributed by atoms with E-state index in [9.17, 15) is 5.11 Å². The van der Waals surface area contributed by atoms with Crippen LogP contribution in [0.2, 0.25) is 10.0 Å². The maximum Gasteiger partial charge on any atom is 0.0839 e. The van der Waals surface area contributed by atoms with E-state index in [1.165, 1.54) is 0 Å². The van der Waals surface area contributed by atoms with Crippen LogP contribution in [0.4, 0.5) is 0 Å². The Morgan fingerprint density at radius 1 is 1.29 bits per heavy atom. The summed E-state index contributed by atoms with van der Waals surface area (Å²) in [5, 5.41) is 13.3. The van der Waals surface area contributed by atoms with Crippen molar-refractivity contribution in [3.63, 3.8) is 0 Å². The highest BCUT2D eigenvalue weighted by Gasteiger charge is 2.12. The Balaban J connectivity index is 2.18. The molecule has 2 aromatic rings. The summed E-state index contributed by atoms with van der Waals surface area (Å²) in [6.45, 7) is 0. The van der Waals surface area contributed by atoms with Crippen molar-refractivity contribution in [1.29, 1.82) is 0 Å². The number of aliphatic hydroxyl groups is 1. The molecule has 0 saturated heterocycles. The van der Waals surface area contributed by atoms with Crippen LogP contribution < -0.4 is 0 Å². The van der Waals surface area contributed by atoms with Gasteiger partial charge in [0.05, 0.1) is 8.99 Å². The number of thiophene rings is 1. The van der Waals surface area contributed by atoms with Crippen LogP contribution in [0.1, 0.15) is 17.2 Å². The van der Waals surface area contributed by atoms with Crippen LogP contribution in [0.5, 0.6) is 0 Å². The van der Waals surface area contributed by atoms with Crippen molar-refractivity contribution in [2.75, 3.05) is 0 Å². The molecule has 2 rings (SSSR count). The molecular weight excluding hydrogens is 390 g/mol. The molecule has 0 spiro atoms. The molecule has 1 N–H and O–H groups in total. The van der Waals surface area contributed by atoms with E-state index in [-0.39, 0.29) is 0 Å². The molecular formula is C12H9Cl2IOS. The molecule has 0 bridgehead atoms. The molecule has 1 unspecified atom stereocenters. The SMILES string of the molecule is OC(Cc1cc(Cl)ccc1Cl)c1csc(I)c1. The highest BCUT2D eigenvalue weighted by molar-refractivity contribution is 14.1. The van der Waals surface area contributed by atoms with Crippen molar-refractivity contribution in [1.82, 2.24) is 0 Å². The van der Waals surface area contributed by atoms with Gasteiger partial charge in [-0.25, -0.2) is 0 Å². The fourth-order valence-corrected chi connectivity index (χ4v) is 3.33. The molecule has 0 amide bonds. The molecule has 1 heterocycles. The van der Waals surface area contributed by atoms with Crippen LogP contribution >= 0.6 is 57.1 Å². The van der Waals surface area contributed by atoms with Gasteiger partial charge in [0, 0.05) is 16.5 Å². The fraction of sp³-hybridized carbons (Fsp3) is 0.167. The Morgan fingerprint density at radius 3 is 2.71 bits per heavy atom. The third-order valence-electron chi connectivity index (χ3n) is 2.39. The van der Waals surface area contributed by atoms with Crippen LogP contribution in [-0.4, -0.2) is 5.11 Å². The zero-order valence-electron chi connectivity index (χ0n) is 8.66. The Hall–Kier alpha value is 0.190. The van der Waals surface area contributed by atoms with Crippen molar-refractivity contribution >= 4 is 57.1 Å². The second kappa shape index (κ2) is 5.89. The van der Waals surface area contributed by atoms with Gasteiger partial charge < -0.3 is 5.11 Å². The highest BCUT2D eigenvalue weighted by Crippen LogP contribution is 2.28. The molecule has 1 aromatic carbocycles. The smallest absolute Gasteiger partial charge is 0.0839 e. The summed E-state index contributed by atoms with van der Waals surface area (Å²) in [6, 6.07) is 7.27. The first kappa shape index (κ1) is 13.6. The maximum absolute atomic E-state index is 10.1. The lowest BCUT2D eigenvalue weighted by atomic mass is 10.0. The largest absolute Gasteiger partial charge is 0.388 e. The van der Waals surface area contributed by atoms with E-state index in [2.05, 4.69) is 22.6 Å². The average molecular weight is 399 g/mol. The lowest BCUT2D eigenvalue weighted by Crippen LogP contribution is -2.01. The zero-order chi connectivity index (χ0) is 12.4. The zero-order valence-corrected chi connectivity index (χ0v) is 13.1. The van der Waals surface area contributed by atoms with E-state index in [0.29, 0.717) is 16.5 Å². The molecule has 0 fully saturated rings. The lowest BCUT2D eigenvalue weighted by molar-refractivity contribution is 0.179. The number of benzene rings is 1. The number of hydrogen-bond acceptors (Lipinski definition) is 2. The van der Waals surface area contributed by atoms with Crippen LogP contribution in [-0.2, 0) is 6.42 Å². The predicted molar refractivity (Wildman–Crippen MR) is 82.2 cm³/mol. The molecule has 0 aliphatic carbocycles. The molecule has 0 radical (unpaired) electrons. The average Bonchev–Trinajstić information content (AvgIpc) is 2.70. The lowest BCUT2D eigenvalue weighted by Gasteiger charge is -2.10. The number of hydrogen-bond donors (Lipinski definition) is 1. The molecule has 90 valence electrons. The molecule has 0 aliphatic heterocycles. The number of rotatable bonds is 3. The monoisotopic (exact) mass is 398 g/mol. The first-order valence-corrected chi connectivity index (χ1v) is 7.63. The van der Waals surface area contributed by atoms with Gasteiger partial charge in [-0.1, -0.05) is 23.2 Å². The summed E-state index contributed by atoms with van der Waals surface area (Å²) in [7, 11) is 0. The normalized spacial score (nSPS) is 12.7. The van der Waals surface area contributed by atoms with Crippen molar-refractivity contribution in [3.05, 3.63) is 53.7 Å². The van der Waals surface area contributed by atoms with E-state index >= 15 is 0 Å².